The summed E-state index contributed by atoms with van der Waals surface area (Å²) in [6.07, 6.45) is 6.32. The fraction of sp³-hybridized carbons (Fsp3) is 0.476. The number of nitrogens with one attached hydrogen (secondary N) is 1. The fourth-order valence-electron chi connectivity index (χ4n) is 3.82. The lowest BCUT2D eigenvalue weighted by Gasteiger charge is -2.23. The fourth-order valence-corrected chi connectivity index (χ4v) is 3.82. The number of carbonyl (C=O) groups is 2. The molecule has 0 aromatic carbocycles. The lowest BCUT2D eigenvalue weighted by molar-refractivity contribution is -0.192. The molecule has 1 fully saturated rings. The molecule has 2 aliphatic rings. The summed E-state index contributed by atoms with van der Waals surface area (Å²) in [5.41, 5.74) is 4.23. The second kappa shape index (κ2) is 10.4. The molecule has 2 N–H and O–H groups in total. The average molecular weight is 451 g/mol. The van der Waals surface area contributed by atoms with E-state index >= 15 is 0 Å². The largest absolute Gasteiger partial charge is 0.490 e. The Balaban J connectivity index is 0.000000360. The maximum Gasteiger partial charge on any atom is 0.490 e. The number of nitrogens with zero attached hydrogens (tertiary/aromatic N) is 4. The van der Waals surface area contributed by atoms with Gasteiger partial charge in [-0.3, -0.25) is 4.98 Å². The SMILES string of the molecule is O=C(NC1CCCC1)N1CCc2ncnc(-c3ccncc3)c2CC1.O=C(O)C(F)(F)F. The number of amides is 2. The number of carboxylic acids is 1. The third-order valence-corrected chi connectivity index (χ3v) is 5.45. The van der Waals surface area contributed by atoms with E-state index in [9.17, 15) is 18.0 Å². The van der Waals surface area contributed by atoms with Gasteiger partial charge in [0.1, 0.15) is 6.33 Å². The zero-order chi connectivity index (χ0) is 23.1. The van der Waals surface area contributed by atoms with Gasteiger partial charge in [0, 0.05) is 54.8 Å². The maximum absolute atomic E-state index is 12.6. The predicted octanol–water partition coefficient (Wildman–Crippen LogP) is 3.22. The molecule has 172 valence electrons. The van der Waals surface area contributed by atoms with Crippen molar-refractivity contribution in [1.29, 1.82) is 0 Å². The van der Waals surface area contributed by atoms with E-state index in [1.54, 1.807) is 18.7 Å². The molecule has 32 heavy (non-hydrogen) atoms. The van der Waals surface area contributed by atoms with Gasteiger partial charge in [-0.15, -0.1) is 0 Å². The number of carbonyl (C=O) groups excluding carboxylic acids is 1. The molecule has 11 heteroatoms. The van der Waals surface area contributed by atoms with Crippen LogP contribution in [0.5, 0.6) is 0 Å². The molecule has 3 heterocycles. The van der Waals surface area contributed by atoms with E-state index in [1.165, 1.54) is 12.8 Å². The Morgan fingerprint density at radius 2 is 1.69 bits per heavy atom. The molecule has 4 rings (SSSR count). The first-order valence-corrected chi connectivity index (χ1v) is 10.3. The molecular formula is C21H24F3N5O3. The van der Waals surface area contributed by atoms with Crippen molar-refractivity contribution in [1.82, 2.24) is 25.2 Å². The lowest BCUT2D eigenvalue weighted by Crippen LogP contribution is -2.45. The molecular weight excluding hydrogens is 427 g/mol. The smallest absolute Gasteiger partial charge is 0.475 e. The molecule has 1 saturated carbocycles. The van der Waals surface area contributed by atoms with Gasteiger partial charge in [-0.25, -0.2) is 19.6 Å². The monoisotopic (exact) mass is 451 g/mol. The Morgan fingerprint density at radius 3 is 2.31 bits per heavy atom. The number of alkyl halides is 3. The molecule has 0 radical (unpaired) electrons. The van der Waals surface area contributed by atoms with Crippen molar-refractivity contribution in [3.8, 4) is 11.3 Å². The van der Waals surface area contributed by atoms with Gasteiger partial charge in [0.25, 0.3) is 0 Å². The van der Waals surface area contributed by atoms with E-state index in [-0.39, 0.29) is 6.03 Å². The number of carboxylic acid groups (broad SMARTS) is 1. The van der Waals surface area contributed by atoms with Crippen molar-refractivity contribution >= 4 is 12.0 Å². The Hall–Kier alpha value is -3.24. The minimum absolute atomic E-state index is 0.0677. The normalized spacial score (nSPS) is 16.4. The number of rotatable bonds is 2. The summed E-state index contributed by atoms with van der Waals surface area (Å²) in [6, 6.07) is 4.36. The topological polar surface area (TPSA) is 108 Å². The molecule has 0 atom stereocenters. The van der Waals surface area contributed by atoms with E-state index in [4.69, 9.17) is 9.90 Å². The number of aromatic nitrogens is 3. The minimum Gasteiger partial charge on any atom is -0.475 e. The standard InChI is InChI=1S/C19H23N5O.C2HF3O2/c25-19(23-15-3-1-2-4-15)24-11-7-16-17(8-12-24)21-13-22-18(16)14-5-9-20-10-6-14;3-2(4,5)1(6)7/h5-6,9-10,13,15H,1-4,7-8,11-12H2,(H,23,25);(H,6,7). The van der Waals surface area contributed by atoms with Gasteiger partial charge in [0.05, 0.1) is 5.69 Å². The number of halogens is 3. The second-order valence-electron chi connectivity index (χ2n) is 7.60. The third kappa shape index (κ3) is 6.14. The minimum atomic E-state index is -5.08. The molecule has 8 nitrogen and oxygen atoms in total. The van der Waals surface area contributed by atoms with Gasteiger partial charge >= 0.3 is 18.2 Å². The van der Waals surface area contributed by atoms with Crippen molar-refractivity contribution in [3.05, 3.63) is 42.1 Å². The van der Waals surface area contributed by atoms with Crippen LogP contribution in [0.4, 0.5) is 18.0 Å². The van der Waals surface area contributed by atoms with E-state index in [2.05, 4.69) is 20.3 Å². The van der Waals surface area contributed by atoms with Crippen molar-refractivity contribution in [3.63, 3.8) is 0 Å². The summed E-state index contributed by atoms with van der Waals surface area (Å²) in [5, 5.41) is 10.3. The highest BCUT2D eigenvalue weighted by atomic mass is 19.4. The molecule has 2 aromatic rings. The highest BCUT2D eigenvalue weighted by molar-refractivity contribution is 5.75. The number of hydrogen-bond donors (Lipinski definition) is 2. The summed E-state index contributed by atoms with van der Waals surface area (Å²) in [6.45, 7) is 1.41. The highest BCUT2D eigenvalue weighted by Crippen LogP contribution is 2.25. The van der Waals surface area contributed by atoms with Gasteiger partial charge in [-0.2, -0.15) is 13.2 Å². The molecule has 0 bridgehead atoms. The van der Waals surface area contributed by atoms with Crippen LogP contribution in [0, 0.1) is 0 Å². The van der Waals surface area contributed by atoms with Crippen molar-refractivity contribution in [2.75, 3.05) is 13.1 Å². The molecule has 0 unspecified atom stereocenters. The second-order valence-corrected chi connectivity index (χ2v) is 7.60. The zero-order valence-corrected chi connectivity index (χ0v) is 17.3. The number of fused-ring (bicyclic) bond motifs is 1. The number of pyridine rings is 1. The molecule has 2 amide bonds. The predicted molar refractivity (Wildman–Crippen MR) is 109 cm³/mol. The van der Waals surface area contributed by atoms with Crippen LogP contribution >= 0.6 is 0 Å². The van der Waals surface area contributed by atoms with Crippen molar-refractivity contribution < 1.29 is 27.9 Å². The molecule has 0 saturated heterocycles. The van der Waals surface area contributed by atoms with Gasteiger partial charge in [0.15, 0.2) is 0 Å². The van der Waals surface area contributed by atoms with Gasteiger partial charge < -0.3 is 15.3 Å². The maximum atomic E-state index is 12.6. The van der Waals surface area contributed by atoms with Gasteiger partial charge in [-0.1, -0.05) is 12.8 Å². The van der Waals surface area contributed by atoms with Crippen LogP contribution in [0.25, 0.3) is 11.3 Å². The van der Waals surface area contributed by atoms with Crippen molar-refractivity contribution in [2.24, 2.45) is 0 Å². The summed E-state index contributed by atoms with van der Waals surface area (Å²) < 4.78 is 31.7. The van der Waals surface area contributed by atoms with Gasteiger partial charge in [-0.05, 0) is 31.4 Å². The van der Waals surface area contributed by atoms with Gasteiger partial charge in [0.2, 0.25) is 0 Å². The Kier molecular flexibility index (Phi) is 7.60. The van der Waals surface area contributed by atoms with E-state index in [1.807, 2.05) is 17.0 Å². The number of urea groups is 1. The first kappa shape index (κ1) is 23.4. The van der Waals surface area contributed by atoms with E-state index < -0.39 is 12.1 Å². The molecule has 0 spiro atoms. The van der Waals surface area contributed by atoms with Crippen LogP contribution < -0.4 is 5.32 Å². The number of aliphatic carboxylic acids is 1. The van der Waals surface area contributed by atoms with Crippen LogP contribution in [0.1, 0.15) is 36.9 Å². The molecule has 2 aromatic heterocycles. The summed E-state index contributed by atoms with van der Waals surface area (Å²) in [7, 11) is 0. The Morgan fingerprint density at radius 1 is 1.06 bits per heavy atom. The zero-order valence-electron chi connectivity index (χ0n) is 17.3. The van der Waals surface area contributed by atoms with Crippen LogP contribution in [-0.4, -0.2) is 62.3 Å². The van der Waals surface area contributed by atoms with Crippen LogP contribution in [0.15, 0.2) is 30.9 Å². The average Bonchev–Trinajstić information content (AvgIpc) is 3.17. The van der Waals surface area contributed by atoms with E-state index in [0.29, 0.717) is 19.1 Å². The molecule has 1 aliphatic carbocycles. The summed E-state index contributed by atoms with van der Waals surface area (Å²) >= 11 is 0. The summed E-state index contributed by atoms with van der Waals surface area (Å²) in [4.78, 5) is 36.5. The lowest BCUT2D eigenvalue weighted by atomic mass is 10.0. The highest BCUT2D eigenvalue weighted by Gasteiger charge is 2.38. The van der Waals surface area contributed by atoms with Crippen LogP contribution in [-0.2, 0) is 17.6 Å². The van der Waals surface area contributed by atoms with Crippen molar-refractivity contribution in [2.45, 2.75) is 50.7 Å². The van der Waals surface area contributed by atoms with Crippen LogP contribution in [0.3, 0.4) is 0 Å². The quantitative estimate of drug-likeness (QED) is 0.726. The number of hydrogen-bond acceptors (Lipinski definition) is 5. The van der Waals surface area contributed by atoms with E-state index in [0.717, 1.165) is 48.2 Å². The van der Waals surface area contributed by atoms with Crippen LogP contribution in [0.2, 0.25) is 0 Å². The molecule has 1 aliphatic heterocycles. The first-order chi connectivity index (χ1) is 15.3. The third-order valence-electron chi connectivity index (χ3n) is 5.45. The Bertz CT molecular complexity index is 934. The first-order valence-electron chi connectivity index (χ1n) is 10.3. The summed E-state index contributed by atoms with van der Waals surface area (Å²) in [5.74, 6) is -2.76. The Labute approximate surface area is 182 Å².